The zero-order chi connectivity index (χ0) is 36.1. The fraction of sp³-hybridized carbons (Fsp3) is 0.415. The Labute approximate surface area is 310 Å². The molecule has 6 rings (SSSR count). The van der Waals surface area contributed by atoms with Crippen molar-refractivity contribution in [3.63, 3.8) is 0 Å². The minimum absolute atomic E-state index is 0.0550. The maximum absolute atomic E-state index is 13.9. The van der Waals surface area contributed by atoms with Crippen molar-refractivity contribution in [1.29, 1.82) is 0 Å². The van der Waals surface area contributed by atoms with Crippen molar-refractivity contribution in [1.82, 2.24) is 25.7 Å². The number of ether oxygens (including phenoxy) is 2. The van der Waals surface area contributed by atoms with E-state index in [4.69, 9.17) is 21.1 Å². The zero-order valence-electron chi connectivity index (χ0n) is 29.5. The van der Waals surface area contributed by atoms with E-state index >= 15 is 0 Å². The Balaban J connectivity index is 1.14. The van der Waals surface area contributed by atoms with Gasteiger partial charge in [0.05, 0.1) is 37.5 Å². The molecule has 2 saturated carbocycles. The molecule has 0 radical (unpaired) electrons. The number of nitrogens with one attached hydrogen (secondary N) is 3. The van der Waals surface area contributed by atoms with Gasteiger partial charge in [0.15, 0.2) is 5.69 Å². The lowest BCUT2D eigenvalue weighted by atomic mass is 9.92. The number of amides is 3. The van der Waals surface area contributed by atoms with Crippen LogP contribution in [-0.2, 0) is 40.4 Å². The average molecular weight is 726 g/mol. The van der Waals surface area contributed by atoms with Crippen molar-refractivity contribution in [3.8, 4) is 0 Å². The minimum Gasteiger partial charge on any atom is -0.371 e. The Morgan fingerprint density at radius 1 is 0.712 bits per heavy atom. The second-order valence-electron chi connectivity index (χ2n) is 13.7. The van der Waals surface area contributed by atoms with Gasteiger partial charge in [0.1, 0.15) is 12.2 Å². The maximum Gasteiger partial charge on any atom is 0.271 e. The minimum atomic E-state index is -0.441. The van der Waals surface area contributed by atoms with Crippen LogP contribution in [0.2, 0.25) is 5.02 Å². The first-order valence-corrected chi connectivity index (χ1v) is 18.8. The molecule has 4 aromatic rings. The molecule has 2 aliphatic carbocycles. The molecule has 10 nitrogen and oxygen atoms in total. The Morgan fingerprint density at radius 3 is 1.88 bits per heavy atom. The van der Waals surface area contributed by atoms with E-state index in [9.17, 15) is 14.4 Å². The van der Waals surface area contributed by atoms with E-state index in [0.29, 0.717) is 31.2 Å². The van der Waals surface area contributed by atoms with Crippen LogP contribution in [0.25, 0.3) is 0 Å². The molecule has 4 atom stereocenters. The van der Waals surface area contributed by atoms with Crippen molar-refractivity contribution in [2.45, 2.75) is 102 Å². The topological polar surface area (TPSA) is 124 Å². The fourth-order valence-electron chi connectivity index (χ4n) is 7.04. The van der Waals surface area contributed by atoms with Crippen molar-refractivity contribution in [2.24, 2.45) is 0 Å². The van der Waals surface area contributed by atoms with Crippen LogP contribution >= 0.6 is 11.6 Å². The van der Waals surface area contributed by atoms with Crippen LogP contribution in [0.1, 0.15) is 89.0 Å². The molecule has 0 bridgehead atoms. The first-order valence-electron chi connectivity index (χ1n) is 18.4. The number of hydrogen-bond donors (Lipinski definition) is 3. The molecule has 1 heterocycles. The first kappa shape index (κ1) is 37.3. The fourth-order valence-corrected chi connectivity index (χ4v) is 7.27. The molecule has 2 aliphatic rings. The SMILES string of the molecule is O=C(Cn1nc(C(=O)NCCc2ccccc2Cl)cc1C(=O)N[C@H]1CCCC[C@@H]1OCc1ccccc1)NC1CCCC[C@@H]1OCc1ccccc1. The van der Waals surface area contributed by atoms with E-state index in [-0.39, 0.29) is 48.1 Å². The predicted octanol–water partition coefficient (Wildman–Crippen LogP) is 6.41. The van der Waals surface area contributed by atoms with Gasteiger partial charge in [0.25, 0.3) is 11.8 Å². The van der Waals surface area contributed by atoms with E-state index in [1.807, 2.05) is 84.9 Å². The van der Waals surface area contributed by atoms with Gasteiger partial charge in [-0.1, -0.05) is 116 Å². The van der Waals surface area contributed by atoms with Crippen molar-refractivity contribution in [2.75, 3.05) is 6.54 Å². The van der Waals surface area contributed by atoms with Gasteiger partial charge in [-0.2, -0.15) is 5.10 Å². The normalized spacial score (nSPS) is 20.2. The van der Waals surface area contributed by atoms with Crippen LogP contribution in [0.3, 0.4) is 0 Å². The molecule has 2 fully saturated rings. The maximum atomic E-state index is 13.9. The molecule has 11 heteroatoms. The number of benzene rings is 3. The smallest absolute Gasteiger partial charge is 0.271 e. The second-order valence-corrected chi connectivity index (χ2v) is 14.1. The number of halogens is 1. The van der Waals surface area contributed by atoms with Crippen molar-refractivity contribution < 1.29 is 23.9 Å². The largest absolute Gasteiger partial charge is 0.371 e. The average Bonchev–Trinajstić information content (AvgIpc) is 3.59. The molecule has 52 heavy (non-hydrogen) atoms. The summed E-state index contributed by atoms with van der Waals surface area (Å²) in [6, 6.07) is 28.5. The number of nitrogens with zero attached hydrogens (tertiary/aromatic N) is 2. The van der Waals surface area contributed by atoms with Gasteiger partial charge < -0.3 is 25.4 Å². The van der Waals surface area contributed by atoms with Gasteiger partial charge in [-0.15, -0.1) is 0 Å². The van der Waals surface area contributed by atoms with Crippen LogP contribution in [0.15, 0.2) is 91.0 Å². The summed E-state index contributed by atoms with van der Waals surface area (Å²) in [4.78, 5) is 40.8. The first-order chi connectivity index (χ1) is 25.4. The zero-order valence-corrected chi connectivity index (χ0v) is 30.2. The molecule has 0 aliphatic heterocycles. The lowest BCUT2D eigenvalue weighted by Crippen LogP contribution is -2.48. The molecule has 1 aromatic heterocycles. The van der Waals surface area contributed by atoms with Gasteiger partial charge in [-0.3, -0.25) is 14.4 Å². The Kier molecular flexibility index (Phi) is 13.5. The highest BCUT2D eigenvalue weighted by molar-refractivity contribution is 6.31. The summed E-state index contributed by atoms with van der Waals surface area (Å²) in [5.41, 5.74) is 3.25. The highest BCUT2D eigenvalue weighted by Crippen LogP contribution is 2.24. The highest BCUT2D eigenvalue weighted by Gasteiger charge is 2.31. The Hall–Kier alpha value is -4.51. The summed E-state index contributed by atoms with van der Waals surface area (Å²) >= 11 is 6.30. The van der Waals surface area contributed by atoms with Crippen LogP contribution in [-0.4, -0.2) is 58.3 Å². The molecular formula is C41H48ClN5O5. The van der Waals surface area contributed by atoms with Gasteiger partial charge >= 0.3 is 0 Å². The molecule has 3 aromatic carbocycles. The summed E-state index contributed by atoms with van der Waals surface area (Å²) in [5.74, 6) is -1.15. The molecule has 3 amide bonds. The standard InChI is InChI=1S/C41H48ClN5O5/c42-32-18-8-7-17-31(32)23-24-43-40(49)35-25-36(41(50)45-34-20-10-12-22-38(34)52-28-30-15-5-2-6-16-30)47(46-35)26-39(48)44-33-19-9-11-21-37(33)51-27-29-13-3-1-4-14-29/h1-8,13-18,25,33-34,37-38H,9-12,19-24,26-28H2,(H,43,49)(H,44,48)(H,45,50)/t33?,34-,37-,38-/m0/s1. The van der Waals surface area contributed by atoms with Gasteiger partial charge in [-0.05, 0) is 54.9 Å². The quantitative estimate of drug-likeness (QED) is 0.130. The van der Waals surface area contributed by atoms with E-state index in [1.54, 1.807) is 0 Å². The predicted molar refractivity (Wildman–Crippen MR) is 200 cm³/mol. The van der Waals surface area contributed by atoms with Crippen molar-refractivity contribution >= 4 is 29.3 Å². The Bertz CT molecular complexity index is 1770. The summed E-state index contributed by atoms with van der Waals surface area (Å²) in [7, 11) is 0. The van der Waals surface area contributed by atoms with E-state index < -0.39 is 11.8 Å². The monoisotopic (exact) mass is 725 g/mol. The van der Waals surface area contributed by atoms with Gasteiger partial charge in [-0.25, -0.2) is 4.68 Å². The highest BCUT2D eigenvalue weighted by atomic mass is 35.5. The summed E-state index contributed by atoms with van der Waals surface area (Å²) < 4.78 is 13.9. The van der Waals surface area contributed by atoms with Crippen LogP contribution in [0, 0.1) is 0 Å². The molecule has 0 saturated heterocycles. The summed E-state index contributed by atoms with van der Waals surface area (Å²) in [5, 5.41) is 14.3. The Morgan fingerprint density at radius 2 is 1.27 bits per heavy atom. The van der Waals surface area contributed by atoms with E-state index in [1.165, 1.54) is 10.7 Å². The molecule has 1 unspecified atom stereocenters. The van der Waals surface area contributed by atoms with Crippen LogP contribution in [0.5, 0.6) is 0 Å². The lowest BCUT2D eigenvalue weighted by molar-refractivity contribution is -0.124. The molecule has 274 valence electrons. The van der Waals surface area contributed by atoms with E-state index in [0.717, 1.165) is 68.1 Å². The van der Waals surface area contributed by atoms with Crippen molar-refractivity contribution in [3.05, 3.63) is 124 Å². The molecule has 0 spiro atoms. The number of carbonyl (C=O) groups is 3. The summed E-state index contributed by atoms with van der Waals surface area (Å²) in [6.45, 7) is 1.02. The lowest BCUT2D eigenvalue weighted by Gasteiger charge is -2.32. The molecular weight excluding hydrogens is 678 g/mol. The van der Waals surface area contributed by atoms with Crippen LogP contribution < -0.4 is 16.0 Å². The van der Waals surface area contributed by atoms with Gasteiger partial charge in [0.2, 0.25) is 5.91 Å². The molecule has 3 N–H and O–H groups in total. The number of rotatable bonds is 15. The third kappa shape index (κ3) is 10.5. The van der Waals surface area contributed by atoms with Crippen LogP contribution in [0.4, 0.5) is 0 Å². The second kappa shape index (κ2) is 18.8. The summed E-state index contributed by atoms with van der Waals surface area (Å²) in [6.07, 6.45) is 7.47. The number of carbonyl (C=O) groups excluding carboxylic acids is 3. The van der Waals surface area contributed by atoms with Gasteiger partial charge in [0, 0.05) is 17.6 Å². The third-order valence-electron chi connectivity index (χ3n) is 9.86. The third-order valence-corrected chi connectivity index (χ3v) is 10.2. The number of hydrogen-bond acceptors (Lipinski definition) is 6. The van der Waals surface area contributed by atoms with E-state index in [2.05, 4.69) is 21.0 Å². The number of aromatic nitrogens is 2.